The van der Waals surface area contributed by atoms with Crippen LogP contribution in [0.2, 0.25) is 0 Å². The fraction of sp³-hybridized carbons (Fsp3) is 0.0323. The monoisotopic (exact) mass is 454 g/mol. The first kappa shape index (κ1) is 19.0. The van der Waals surface area contributed by atoms with Crippen molar-refractivity contribution in [1.29, 1.82) is 0 Å². The smallest absolute Gasteiger partial charge is 0.135 e. The molecule has 1 aromatic heterocycles. The van der Waals surface area contributed by atoms with Crippen LogP contribution in [0.5, 0.6) is 0 Å². The summed E-state index contributed by atoms with van der Waals surface area (Å²) in [6, 6.07) is 43.4. The summed E-state index contributed by atoms with van der Waals surface area (Å²) in [6.07, 6.45) is 0. The summed E-state index contributed by atoms with van der Waals surface area (Å²) in [6.45, 7) is 2.19. The van der Waals surface area contributed by atoms with Gasteiger partial charge in [0.25, 0.3) is 0 Å². The van der Waals surface area contributed by atoms with E-state index in [1.165, 1.54) is 57.6 Å². The normalized spacial score (nSPS) is 13.8. The van der Waals surface area contributed by atoms with Crippen molar-refractivity contribution in [3.63, 3.8) is 0 Å². The molecule has 0 N–H and O–H groups in total. The van der Waals surface area contributed by atoms with E-state index in [4.69, 9.17) is 0 Å². The summed E-state index contributed by atoms with van der Waals surface area (Å²) in [7, 11) is -2.41. The Bertz CT molecular complexity index is 1620. The molecular formula is C31H22SSi. The van der Waals surface area contributed by atoms with Crippen LogP contribution >= 0.6 is 11.3 Å². The van der Waals surface area contributed by atoms with E-state index in [2.05, 4.69) is 122 Å². The highest BCUT2D eigenvalue weighted by atomic mass is 32.1. The highest BCUT2D eigenvalue weighted by Gasteiger charge is 2.49. The third-order valence-electron chi connectivity index (χ3n) is 7.21. The lowest BCUT2D eigenvalue weighted by Crippen LogP contribution is -2.72. The number of fused-ring (bicyclic) bond motifs is 7. The molecule has 1 aliphatic heterocycles. The molecule has 0 spiro atoms. The summed E-state index contributed by atoms with van der Waals surface area (Å²) >= 11 is 1.92. The van der Waals surface area contributed by atoms with Gasteiger partial charge in [-0.1, -0.05) is 103 Å². The predicted molar refractivity (Wildman–Crippen MR) is 147 cm³/mol. The van der Waals surface area contributed by atoms with Crippen LogP contribution < -0.4 is 20.7 Å². The van der Waals surface area contributed by atoms with E-state index < -0.39 is 8.07 Å². The molecule has 0 fully saturated rings. The Kier molecular flexibility index (Phi) is 4.05. The summed E-state index contributed by atoms with van der Waals surface area (Å²) in [5.74, 6) is 0. The quantitative estimate of drug-likeness (QED) is 0.293. The Hall–Kier alpha value is -3.46. The molecule has 5 aromatic carbocycles. The van der Waals surface area contributed by atoms with Crippen LogP contribution in [-0.2, 0) is 0 Å². The van der Waals surface area contributed by atoms with Gasteiger partial charge in [-0.25, -0.2) is 0 Å². The molecule has 0 unspecified atom stereocenters. The number of benzene rings is 5. The average Bonchev–Trinajstić information content (AvgIpc) is 3.38. The van der Waals surface area contributed by atoms with Gasteiger partial charge in [0.1, 0.15) is 0 Å². The van der Waals surface area contributed by atoms with Crippen LogP contribution in [0.1, 0.15) is 5.56 Å². The van der Waals surface area contributed by atoms with Crippen molar-refractivity contribution in [1.82, 2.24) is 0 Å². The molecule has 0 nitrogen and oxygen atoms in total. The third kappa shape index (κ3) is 2.51. The topological polar surface area (TPSA) is 0 Å². The lowest BCUT2D eigenvalue weighted by molar-refractivity contribution is 1.52. The van der Waals surface area contributed by atoms with Crippen LogP contribution in [0.4, 0.5) is 0 Å². The van der Waals surface area contributed by atoms with E-state index >= 15 is 0 Å². The Morgan fingerprint density at radius 1 is 0.576 bits per heavy atom. The molecule has 0 bridgehead atoms. The summed E-state index contributed by atoms with van der Waals surface area (Å²) in [5, 5.41) is 8.76. The van der Waals surface area contributed by atoms with Crippen molar-refractivity contribution >= 4 is 60.3 Å². The Morgan fingerprint density at radius 2 is 1.24 bits per heavy atom. The van der Waals surface area contributed by atoms with Gasteiger partial charge in [0.2, 0.25) is 0 Å². The highest BCUT2D eigenvalue weighted by molar-refractivity contribution is 7.26. The molecule has 2 heteroatoms. The van der Waals surface area contributed by atoms with Crippen molar-refractivity contribution < 1.29 is 0 Å². The molecule has 33 heavy (non-hydrogen) atoms. The van der Waals surface area contributed by atoms with Crippen LogP contribution in [0.3, 0.4) is 0 Å². The van der Waals surface area contributed by atoms with Gasteiger partial charge in [-0.3, -0.25) is 0 Å². The van der Waals surface area contributed by atoms with Gasteiger partial charge in [0, 0.05) is 20.2 Å². The van der Waals surface area contributed by atoms with Gasteiger partial charge in [0.15, 0.2) is 8.07 Å². The zero-order valence-corrected chi connectivity index (χ0v) is 20.2. The molecule has 156 valence electrons. The van der Waals surface area contributed by atoms with Crippen molar-refractivity contribution in [2.75, 3.05) is 0 Å². The van der Waals surface area contributed by atoms with Gasteiger partial charge < -0.3 is 0 Å². The van der Waals surface area contributed by atoms with Gasteiger partial charge in [-0.2, -0.15) is 0 Å². The molecule has 1 aliphatic rings. The zero-order chi connectivity index (χ0) is 22.0. The SMILES string of the molecule is Cc1ccc2c(c1)sc1ccc3c(c12)-c1ccccc1[Si]3(c1ccccc1)c1ccccc1. The van der Waals surface area contributed by atoms with Crippen LogP contribution in [-0.4, -0.2) is 8.07 Å². The van der Waals surface area contributed by atoms with Crippen molar-refractivity contribution in [2.45, 2.75) is 6.92 Å². The maximum atomic E-state index is 2.45. The van der Waals surface area contributed by atoms with Crippen molar-refractivity contribution in [2.24, 2.45) is 0 Å². The molecule has 7 rings (SSSR count). The number of thiophene rings is 1. The van der Waals surface area contributed by atoms with E-state index in [9.17, 15) is 0 Å². The first-order chi connectivity index (χ1) is 16.3. The fourth-order valence-corrected chi connectivity index (χ4v) is 12.3. The summed E-state index contributed by atoms with van der Waals surface area (Å²) in [4.78, 5) is 0. The van der Waals surface area contributed by atoms with Crippen molar-refractivity contribution in [3.8, 4) is 11.1 Å². The first-order valence-corrected chi connectivity index (χ1v) is 14.3. The second-order valence-electron chi connectivity index (χ2n) is 8.99. The van der Waals surface area contributed by atoms with Gasteiger partial charge in [0.05, 0.1) is 0 Å². The van der Waals surface area contributed by atoms with E-state index in [1.807, 2.05) is 11.3 Å². The molecule has 2 heterocycles. The fourth-order valence-electron chi connectivity index (χ4n) is 5.91. The lowest BCUT2D eigenvalue weighted by atomic mass is 9.99. The van der Waals surface area contributed by atoms with Gasteiger partial charge in [-0.05, 0) is 56.5 Å². The van der Waals surface area contributed by atoms with E-state index in [1.54, 1.807) is 0 Å². The molecule has 0 amide bonds. The Labute approximate surface area is 198 Å². The third-order valence-corrected chi connectivity index (χ3v) is 13.2. The minimum absolute atomic E-state index is 1.32. The minimum atomic E-state index is -2.41. The molecular weight excluding hydrogens is 432 g/mol. The molecule has 0 aliphatic carbocycles. The molecule has 0 saturated heterocycles. The number of hydrogen-bond donors (Lipinski definition) is 0. The van der Waals surface area contributed by atoms with E-state index in [-0.39, 0.29) is 0 Å². The molecule has 0 radical (unpaired) electrons. The first-order valence-electron chi connectivity index (χ1n) is 11.5. The van der Waals surface area contributed by atoms with Gasteiger partial charge >= 0.3 is 0 Å². The summed E-state index contributed by atoms with van der Waals surface area (Å²) in [5.41, 5.74) is 4.19. The molecule has 0 atom stereocenters. The Balaban J connectivity index is 1.72. The van der Waals surface area contributed by atoms with Crippen LogP contribution in [0, 0.1) is 6.92 Å². The van der Waals surface area contributed by atoms with Crippen LogP contribution in [0.15, 0.2) is 115 Å². The maximum Gasteiger partial charge on any atom is 0.180 e. The Morgan fingerprint density at radius 3 is 1.97 bits per heavy atom. The predicted octanol–water partition coefficient (Wildman–Crippen LogP) is 5.72. The van der Waals surface area contributed by atoms with E-state index in [0.717, 1.165) is 0 Å². The molecule has 0 saturated carbocycles. The zero-order valence-electron chi connectivity index (χ0n) is 18.4. The average molecular weight is 455 g/mol. The number of rotatable bonds is 2. The molecule has 6 aromatic rings. The number of hydrogen-bond acceptors (Lipinski definition) is 1. The minimum Gasteiger partial charge on any atom is -0.135 e. The summed E-state index contributed by atoms with van der Waals surface area (Å²) < 4.78 is 2.77. The highest BCUT2D eigenvalue weighted by Crippen LogP contribution is 2.42. The van der Waals surface area contributed by atoms with Gasteiger partial charge in [-0.15, -0.1) is 11.3 Å². The second-order valence-corrected chi connectivity index (χ2v) is 13.8. The second kappa shape index (κ2) is 7.02. The number of aryl methyl sites for hydroxylation is 1. The van der Waals surface area contributed by atoms with Crippen molar-refractivity contribution in [3.05, 3.63) is 121 Å². The lowest BCUT2D eigenvalue weighted by Gasteiger charge is -2.31. The van der Waals surface area contributed by atoms with E-state index in [0.29, 0.717) is 0 Å². The maximum absolute atomic E-state index is 2.45. The standard InChI is InChI=1S/C31H22SSi/c1-21-16-17-24-27(20-21)32-26-18-19-29-31(30(24)26)25-14-8-9-15-28(25)33(29,22-10-4-2-5-11-22)23-12-6-3-7-13-23/h2-20H,1H3. The van der Waals surface area contributed by atoms with Crippen LogP contribution in [0.25, 0.3) is 31.3 Å². The largest absolute Gasteiger partial charge is 0.180 e.